The Balaban J connectivity index is 1.60. The first-order valence-electron chi connectivity index (χ1n) is 8.45. The minimum atomic E-state index is 0.0141. The van der Waals surface area contributed by atoms with Crippen LogP contribution in [0, 0.1) is 6.92 Å². The van der Waals surface area contributed by atoms with Crippen LogP contribution in [0.5, 0.6) is 0 Å². The fourth-order valence-corrected chi connectivity index (χ4v) is 3.70. The van der Waals surface area contributed by atoms with E-state index in [0.717, 1.165) is 38.0 Å². The van der Waals surface area contributed by atoms with E-state index in [0.29, 0.717) is 17.5 Å². The Bertz CT molecular complexity index is 678. The van der Waals surface area contributed by atoms with E-state index in [1.54, 1.807) is 6.20 Å². The lowest BCUT2D eigenvalue weighted by atomic mass is 9.92. The predicted molar refractivity (Wildman–Crippen MR) is 97.5 cm³/mol. The molecule has 5 nitrogen and oxygen atoms in total. The second-order valence-corrected chi connectivity index (χ2v) is 7.40. The van der Waals surface area contributed by atoms with Crippen LogP contribution in [0.3, 0.4) is 0 Å². The van der Waals surface area contributed by atoms with Gasteiger partial charge in [0.25, 0.3) is 0 Å². The summed E-state index contributed by atoms with van der Waals surface area (Å²) >= 11 is 1.44. The lowest BCUT2D eigenvalue weighted by Crippen LogP contribution is -2.29. The summed E-state index contributed by atoms with van der Waals surface area (Å²) in [5, 5.41) is 5.36. The summed E-state index contributed by atoms with van der Waals surface area (Å²) in [5.74, 6) is 0.559. The van der Waals surface area contributed by atoms with Crippen molar-refractivity contribution < 1.29 is 4.79 Å². The van der Waals surface area contributed by atoms with Gasteiger partial charge < -0.3 is 10.2 Å². The van der Waals surface area contributed by atoms with Gasteiger partial charge in [0.05, 0.1) is 0 Å². The zero-order chi connectivity index (χ0) is 16.9. The maximum Gasteiger partial charge on any atom is 0.226 e. The van der Waals surface area contributed by atoms with Crippen molar-refractivity contribution in [3.63, 3.8) is 0 Å². The highest BCUT2D eigenvalue weighted by molar-refractivity contribution is 7.13. The van der Waals surface area contributed by atoms with Crippen LogP contribution in [0.25, 0.3) is 0 Å². The van der Waals surface area contributed by atoms with Crippen LogP contribution in [0.4, 0.5) is 5.13 Å². The Morgan fingerprint density at radius 1 is 1.38 bits per heavy atom. The van der Waals surface area contributed by atoms with Crippen molar-refractivity contribution in [1.29, 1.82) is 0 Å². The molecule has 1 amide bonds. The molecule has 2 aromatic rings. The number of hydrogen-bond donors (Lipinski definition) is 1. The Hall–Kier alpha value is -1.79. The van der Waals surface area contributed by atoms with Crippen molar-refractivity contribution in [3.05, 3.63) is 40.7 Å². The maximum atomic E-state index is 12.0. The largest absolute Gasteiger partial charge is 0.306 e. The fourth-order valence-electron chi connectivity index (χ4n) is 3.15. The molecule has 24 heavy (non-hydrogen) atoms. The van der Waals surface area contributed by atoms with Gasteiger partial charge in [-0.15, -0.1) is 11.3 Å². The molecule has 1 fully saturated rings. The van der Waals surface area contributed by atoms with E-state index < -0.39 is 0 Å². The van der Waals surface area contributed by atoms with E-state index >= 15 is 0 Å². The SMILES string of the molecule is Cc1cc(CCC(=O)Nc2nccs2)cc(C2CCN(C)CC2)n1. The molecule has 0 saturated carbocycles. The molecule has 0 bridgehead atoms. The topological polar surface area (TPSA) is 58.1 Å². The number of carbonyl (C=O) groups is 1. The predicted octanol–water partition coefficient (Wildman–Crippen LogP) is 3.23. The molecule has 3 rings (SSSR count). The van der Waals surface area contributed by atoms with Gasteiger partial charge in [0.15, 0.2) is 5.13 Å². The van der Waals surface area contributed by atoms with Crippen LogP contribution in [-0.2, 0) is 11.2 Å². The van der Waals surface area contributed by atoms with Gasteiger partial charge in [0.1, 0.15) is 0 Å². The number of amides is 1. The highest BCUT2D eigenvalue weighted by Gasteiger charge is 2.20. The Kier molecular flexibility index (Phi) is 5.58. The van der Waals surface area contributed by atoms with Gasteiger partial charge in [0.2, 0.25) is 5.91 Å². The van der Waals surface area contributed by atoms with Crippen molar-refractivity contribution in [2.45, 2.75) is 38.5 Å². The molecule has 1 aliphatic rings. The molecule has 0 spiro atoms. The van der Waals surface area contributed by atoms with E-state index in [1.807, 2.05) is 12.3 Å². The van der Waals surface area contributed by atoms with Crippen molar-refractivity contribution in [1.82, 2.24) is 14.9 Å². The molecule has 0 aromatic carbocycles. The average molecular weight is 344 g/mol. The molecule has 128 valence electrons. The summed E-state index contributed by atoms with van der Waals surface area (Å²) in [6.07, 6.45) is 5.23. The third-order valence-electron chi connectivity index (χ3n) is 4.49. The molecule has 0 unspecified atom stereocenters. The molecular weight excluding hydrogens is 320 g/mol. The summed E-state index contributed by atoms with van der Waals surface area (Å²) in [5.41, 5.74) is 3.44. The number of aryl methyl sites for hydroxylation is 2. The summed E-state index contributed by atoms with van der Waals surface area (Å²) in [6.45, 7) is 4.30. The minimum Gasteiger partial charge on any atom is -0.306 e. The normalized spacial score (nSPS) is 16.2. The second-order valence-electron chi connectivity index (χ2n) is 6.50. The van der Waals surface area contributed by atoms with Crippen molar-refractivity contribution in [2.24, 2.45) is 0 Å². The molecule has 0 aliphatic carbocycles. The molecular formula is C18H24N4OS. The third-order valence-corrected chi connectivity index (χ3v) is 5.18. The van der Waals surface area contributed by atoms with E-state index in [1.165, 1.54) is 22.6 Å². The molecule has 3 heterocycles. The van der Waals surface area contributed by atoms with Crippen molar-refractivity contribution in [3.8, 4) is 0 Å². The van der Waals surface area contributed by atoms with Crippen molar-refractivity contribution >= 4 is 22.4 Å². The molecule has 1 N–H and O–H groups in total. The number of thiazole rings is 1. The highest BCUT2D eigenvalue weighted by atomic mass is 32.1. The zero-order valence-electron chi connectivity index (χ0n) is 14.3. The van der Waals surface area contributed by atoms with Gasteiger partial charge in [-0.1, -0.05) is 0 Å². The van der Waals surface area contributed by atoms with Crippen LogP contribution in [-0.4, -0.2) is 40.9 Å². The van der Waals surface area contributed by atoms with Crippen LogP contribution in [0.2, 0.25) is 0 Å². The molecule has 2 aromatic heterocycles. The number of aromatic nitrogens is 2. The quantitative estimate of drug-likeness (QED) is 0.905. The average Bonchev–Trinajstić information content (AvgIpc) is 3.06. The summed E-state index contributed by atoms with van der Waals surface area (Å²) < 4.78 is 0. The van der Waals surface area contributed by atoms with Crippen LogP contribution in [0.15, 0.2) is 23.7 Å². The third kappa shape index (κ3) is 4.61. The Labute approximate surface area is 147 Å². The first-order valence-corrected chi connectivity index (χ1v) is 9.33. The van der Waals surface area contributed by atoms with Crippen LogP contribution >= 0.6 is 11.3 Å². The number of likely N-dealkylation sites (tertiary alicyclic amines) is 1. The number of nitrogens with zero attached hydrogens (tertiary/aromatic N) is 3. The summed E-state index contributed by atoms with van der Waals surface area (Å²) in [7, 11) is 2.17. The molecule has 0 radical (unpaired) electrons. The number of rotatable bonds is 5. The number of carbonyl (C=O) groups excluding carboxylic acids is 1. The second kappa shape index (κ2) is 7.85. The molecule has 1 saturated heterocycles. The number of nitrogens with one attached hydrogen (secondary N) is 1. The Morgan fingerprint density at radius 2 is 2.17 bits per heavy atom. The molecule has 1 aliphatic heterocycles. The van der Waals surface area contributed by atoms with Gasteiger partial charge in [0, 0.05) is 35.3 Å². The number of hydrogen-bond acceptors (Lipinski definition) is 5. The molecule has 0 atom stereocenters. The number of pyridine rings is 1. The minimum absolute atomic E-state index is 0.0141. The van der Waals surface area contributed by atoms with Gasteiger partial charge in [-0.3, -0.25) is 9.78 Å². The maximum absolute atomic E-state index is 12.0. The summed E-state index contributed by atoms with van der Waals surface area (Å²) in [6, 6.07) is 4.29. The van der Waals surface area contributed by atoms with Crippen LogP contribution < -0.4 is 5.32 Å². The number of piperidine rings is 1. The van der Waals surface area contributed by atoms with Gasteiger partial charge in [-0.2, -0.15) is 0 Å². The molecule has 6 heteroatoms. The first kappa shape index (κ1) is 17.0. The van der Waals surface area contributed by atoms with Gasteiger partial charge >= 0.3 is 0 Å². The van der Waals surface area contributed by atoms with Gasteiger partial charge in [-0.25, -0.2) is 4.98 Å². The van der Waals surface area contributed by atoms with E-state index in [9.17, 15) is 4.79 Å². The fraction of sp³-hybridized carbons (Fsp3) is 0.500. The highest BCUT2D eigenvalue weighted by Crippen LogP contribution is 2.27. The lowest BCUT2D eigenvalue weighted by Gasteiger charge is -2.28. The number of anilines is 1. The van der Waals surface area contributed by atoms with Gasteiger partial charge in [-0.05, 0) is 64.0 Å². The van der Waals surface area contributed by atoms with E-state index in [4.69, 9.17) is 4.98 Å². The first-order chi connectivity index (χ1) is 11.6. The van der Waals surface area contributed by atoms with E-state index in [-0.39, 0.29) is 5.91 Å². The monoisotopic (exact) mass is 344 g/mol. The zero-order valence-corrected chi connectivity index (χ0v) is 15.1. The summed E-state index contributed by atoms with van der Waals surface area (Å²) in [4.78, 5) is 23.2. The smallest absolute Gasteiger partial charge is 0.226 e. The van der Waals surface area contributed by atoms with Crippen molar-refractivity contribution in [2.75, 3.05) is 25.5 Å². The Morgan fingerprint density at radius 3 is 2.88 bits per heavy atom. The van der Waals surface area contributed by atoms with Crippen LogP contribution in [0.1, 0.15) is 42.1 Å². The standard InChI is InChI=1S/C18H24N4OS/c1-13-11-14(3-4-17(23)21-18-19-7-10-24-18)12-16(20-13)15-5-8-22(2)9-6-15/h7,10-12,15H,3-6,8-9H2,1-2H3,(H,19,21,23). The van der Waals surface area contributed by atoms with E-state index in [2.05, 4.69) is 34.4 Å². The lowest BCUT2D eigenvalue weighted by molar-refractivity contribution is -0.116.